The van der Waals surface area contributed by atoms with E-state index in [2.05, 4.69) is 10.3 Å². The van der Waals surface area contributed by atoms with Gasteiger partial charge < -0.3 is 19.5 Å². The Labute approximate surface area is 145 Å². The molecule has 1 saturated heterocycles. The molecule has 1 N–H and O–H groups in total. The highest BCUT2D eigenvalue weighted by Crippen LogP contribution is 2.24. The van der Waals surface area contributed by atoms with E-state index in [1.54, 1.807) is 34.6 Å². The first-order chi connectivity index (χ1) is 11.5. The molecule has 2 amide bonds. The monoisotopic (exact) mass is 358 g/mol. The Morgan fingerprint density at radius 2 is 1.92 bits per heavy atom. The Bertz CT molecular complexity index is 621. The lowest BCUT2D eigenvalue weighted by Gasteiger charge is -2.40. The molecule has 1 aromatic rings. The maximum Gasteiger partial charge on any atom is 0.410 e. The summed E-state index contributed by atoms with van der Waals surface area (Å²) < 4.78 is 32.8. The highest BCUT2D eigenvalue weighted by atomic mass is 19.3. The van der Waals surface area contributed by atoms with E-state index < -0.39 is 29.7 Å². The molecule has 0 aromatic carbocycles. The molecule has 7 nitrogen and oxygen atoms in total. The maximum absolute atomic E-state index is 13.1. The van der Waals surface area contributed by atoms with Crippen molar-refractivity contribution in [3.8, 4) is 0 Å². The number of hydrogen-bond acceptors (Lipinski definition) is 4. The lowest BCUT2D eigenvalue weighted by Crippen LogP contribution is -2.61. The zero-order valence-electron chi connectivity index (χ0n) is 15.0. The van der Waals surface area contributed by atoms with Crippen molar-refractivity contribution in [3.63, 3.8) is 0 Å². The summed E-state index contributed by atoms with van der Waals surface area (Å²) in [4.78, 5) is 29.4. The van der Waals surface area contributed by atoms with E-state index >= 15 is 0 Å². The summed E-state index contributed by atoms with van der Waals surface area (Å²) in [7, 11) is 0. The summed E-state index contributed by atoms with van der Waals surface area (Å²) in [5, 5.41) is 2.67. The number of nitrogens with one attached hydrogen (secondary N) is 1. The predicted octanol–water partition coefficient (Wildman–Crippen LogP) is 2.75. The molecule has 1 fully saturated rings. The highest BCUT2D eigenvalue weighted by molar-refractivity contribution is 5.94. The number of halogens is 2. The van der Waals surface area contributed by atoms with Crippen LogP contribution in [0, 0.1) is 0 Å². The fourth-order valence-electron chi connectivity index (χ4n) is 2.46. The zero-order valence-corrected chi connectivity index (χ0v) is 15.0. The third-order valence-corrected chi connectivity index (χ3v) is 3.67. The number of carbonyl (C=O) groups is 2. The van der Waals surface area contributed by atoms with E-state index in [1.807, 2.05) is 0 Å². The van der Waals surface area contributed by atoms with Crippen LogP contribution in [0.4, 0.5) is 13.6 Å². The Morgan fingerprint density at radius 3 is 2.40 bits per heavy atom. The van der Waals surface area contributed by atoms with Crippen LogP contribution in [0.3, 0.4) is 0 Å². The molecule has 0 aliphatic carbocycles. The minimum atomic E-state index is -2.83. The number of imidazole rings is 1. The lowest BCUT2D eigenvalue weighted by atomic mass is 10.1. The molecule has 1 aliphatic heterocycles. The molecular formula is C16H24F2N4O3. The van der Waals surface area contributed by atoms with E-state index in [0.29, 0.717) is 0 Å². The molecule has 0 unspecified atom stereocenters. The normalized spacial score (nSPS) is 15.5. The first kappa shape index (κ1) is 19.1. The van der Waals surface area contributed by atoms with Gasteiger partial charge in [-0.1, -0.05) is 0 Å². The first-order valence-electron chi connectivity index (χ1n) is 8.13. The topological polar surface area (TPSA) is 76.5 Å². The Morgan fingerprint density at radius 1 is 1.32 bits per heavy atom. The van der Waals surface area contributed by atoms with E-state index in [-0.39, 0.29) is 30.9 Å². The lowest BCUT2D eigenvalue weighted by molar-refractivity contribution is 0.00527. The number of likely N-dealkylation sites (tertiary alicyclic amines) is 1. The third kappa shape index (κ3) is 4.46. The van der Waals surface area contributed by atoms with Crippen molar-refractivity contribution in [2.24, 2.45) is 0 Å². The van der Waals surface area contributed by atoms with Gasteiger partial charge in [0, 0.05) is 19.1 Å². The van der Waals surface area contributed by atoms with Gasteiger partial charge in [-0.15, -0.1) is 0 Å². The van der Waals surface area contributed by atoms with Gasteiger partial charge in [-0.25, -0.2) is 18.6 Å². The molecule has 0 atom stereocenters. The third-order valence-electron chi connectivity index (χ3n) is 3.67. The summed E-state index contributed by atoms with van der Waals surface area (Å²) in [6.07, 6.45) is -2.05. The molecule has 0 radical (unpaired) electrons. The summed E-state index contributed by atoms with van der Waals surface area (Å²) >= 11 is 0. The molecule has 0 spiro atoms. The largest absolute Gasteiger partial charge is 0.444 e. The van der Waals surface area contributed by atoms with E-state index in [4.69, 9.17) is 4.74 Å². The van der Waals surface area contributed by atoms with Crippen LogP contribution in [0.2, 0.25) is 0 Å². The minimum absolute atomic E-state index is 0.138. The van der Waals surface area contributed by atoms with Gasteiger partial charge in [0.15, 0.2) is 0 Å². The second-order valence-corrected chi connectivity index (χ2v) is 7.34. The SMILES string of the molecule is CC(C)n1cnc(C(F)F)c1C(=O)NC1CN(C(=O)OC(C)(C)C)C1. The highest BCUT2D eigenvalue weighted by Gasteiger charge is 2.36. The van der Waals surface area contributed by atoms with Gasteiger partial charge in [0.25, 0.3) is 12.3 Å². The van der Waals surface area contributed by atoms with Gasteiger partial charge in [-0.2, -0.15) is 0 Å². The van der Waals surface area contributed by atoms with E-state index in [9.17, 15) is 18.4 Å². The number of alkyl halides is 2. The summed E-state index contributed by atoms with van der Waals surface area (Å²) in [5.41, 5.74) is -1.27. The van der Waals surface area contributed by atoms with E-state index in [0.717, 1.165) is 0 Å². The molecule has 25 heavy (non-hydrogen) atoms. The van der Waals surface area contributed by atoms with Crippen molar-refractivity contribution in [2.75, 3.05) is 13.1 Å². The number of amides is 2. The zero-order chi connectivity index (χ0) is 18.9. The van der Waals surface area contributed by atoms with Gasteiger partial charge in [-0.05, 0) is 34.6 Å². The van der Waals surface area contributed by atoms with Crippen LogP contribution < -0.4 is 5.32 Å². The van der Waals surface area contributed by atoms with Crippen LogP contribution in [-0.4, -0.2) is 51.2 Å². The van der Waals surface area contributed by atoms with Crippen molar-refractivity contribution in [2.45, 2.75) is 58.7 Å². The standard InChI is InChI=1S/C16H24F2N4O3/c1-9(2)22-8-19-11(13(17)18)12(22)14(23)20-10-6-21(7-10)15(24)25-16(3,4)5/h8-10,13H,6-7H2,1-5H3,(H,20,23). The van der Waals surface area contributed by atoms with Crippen molar-refractivity contribution in [1.29, 1.82) is 0 Å². The van der Waals surface area contributed by atoms with Gasteiger partial charge in [0.2, 0.25) is 0 Å². The van der Waals surface area contributed by atoms with Gasteiger partial charge in [0.05, 0.1) is 12.4 Å². The van der Waals surface area contributed by atoms with Crippen LogP contribution in [0.15, 0.2) is 6.33 Å². The Kier molecular flexibility index (Phi) is 5.34. The van der Waals surface area contributed by atoms with Crippen molar-refractivity contribution in [3.05, 3.63) is 17.7 Å². The maximum atomic E-state index is 13.1. The number of hydrogen-bond donors (Lipinski definition) is 1. The predicted molar refractivity (Wildman–Crippen MR) is 86.6 cm³/mol. The first-order valence-corrected chi connectivity index (χ1v) is 8.13. The second kappa shape index (κ2) is 6.97. The average Bonchev–Trinajstić information content (AvgIpc) is 2.84. The van der Waals surface area contributed by atoms with Crippen LogP contribution in [0.5, 0.6) is 0 Å². The average molecular weight is 358 g/mol. The second-order valence-electron chi connectivity index (χ2n) is 7.34. The molecule has 1 aliphatic rings. The number of nitrogens with zero attached hydrogens (tertiary/aromatic N) is 3. The molecule has 0 bridgehead atoms. The Hall–Kier alpha value is -2.19. The van der Waals surface area contributed by atoms with Crippen molar-refractivity contribution < 1.29 is 23.1 Å². The number of rotatable bonds is 4. The molecule has 9 heteroatoms. The van der Waals surface area contributed by atoms with Crippen LogP contribution in [0.25, 0.3) is 0 Å². The van der Waals surface area contributed by atoms with Crippen LogP contribution >= 0.6 is 0 Å². The van der Waals surface area contributed by atoms with Crippen LogP contribution in [0.1, 0.15) is 63.3 Å². The number of carbonyl (C=O) groups excluding carboxylic acids is 2. The number of ether oxygens (including phenoxy) is 1. The quantitative estimate of drug-likeness (QED) is 0.898. The fraction of sp³-hybridized carbons (Fsp3) is 0.688. The van der Waals surface area contributed by atoms with Crippen LogP contribution in [-0.2, 0) is 4.74 Å². The van der Waals surface area contributed by atoms with Gasteiger partial charge in [-0.3, -0.25) is 4.79 Å². The smallest absolute Gasteiger partial charge is 0.410 e. The molecular weight excluding hydrogens is 334 g/mol. The molecule has 140 valence electrons. The molecule has 0 saturated carbocycles. The van der Waals surface area contributed by atoms with Crippen molar-refractivity contribution in [1.82, 2.24) is 19.8 Å². The molecule has 2 heterocycles. The summed E-state index contributed by atoms with van der Waals surface area (Å²) in [6, 6.07) is -0.485. The number of aromatic nitrogens is 2. The molecule has 1 aromatic heterocycles. The minimum Gasteiger partial charge on any atom is -0.444 e. The molecule has 2 rings (SSSR count). The van der Waals surface area contributed by atoms with E-state index in [1.165, 1.54) is 15.8 Å². The van der Waals surface area contributed by atoms with Gasteiger partial charge in [0.1, 0.15) is 17.0 Å². The summed E-state index contributed by atoms with van der Waals surface area (Å²) in [5.74, 6) is -0.615. The fourth-order valence-corrected chi connectivity index (χ4v) is 2.46. The summed E-state index contributed by atoms with van der Waals surface area (Å²) in [6.45, 7) is 9.41. The van der Waals surface area contributed by atoms with Gasteiger partial charge >= 0.3 is 6.09 Å². The van der Waals surface area contributed by atoms with Crippen molar-refractivity contribution >= 4 is 12.0 Å². The Balaban J connectivity index is 1.99.